The second-order valence-electron chi connectivity index (χ2n) is 8.47. The molecule has 0 radical (unpaired) electrons. The van der Waals surface area contributed by atoms with Gasteiger partial charge in [-0.25, -0.2) is 0 Å². The summed E-state index contributed by atoms with van der Waals surface area (Å²) >= 11 is 0. The van der Waals surface area contributed by atoms with E-state index in [9.17, 15) is 4.79 Å². The first-order valence-electron chi connectivity index (χ1n) is 11.0. The lowest BCUT2D eigenvalue weighted by Crippen LogP contribution is -2.55. The van der Waals surface area contributed by atoms with Crippen molar-refractivity contribution in [1.29, 1.82) is 0 Å². The van der Waals surface area contributed by atoms with Gasteiger partial charge in [0, 0.05) is 42.8 Å². The maximum absolute atomic E-state index is 11.0. The van der Waals surface area contributed by atoms with Crippen molar-refractivity contribution in [1.82, 2.24) is 10.2 Å². The Morgan fingerprint density at radius 3 is 2.52 bits per heavy atom. The molecule has 0 amide bonds. The quantitative estimate of drug-likeness (QED) is 0.389. The molecule has 3 heterocycles. The summed E-state index contributed by atoms with van der Waals surface area (Å²) in [6, 6.07) is 19.3. The lowest BCUT2D eigenvalue weighted by atomic mass is 9.84. The van der Waals surface area contributed by atoms with Gasteiger partial charge in [-0.05, 0) is 67.3 Å². The molecule has 3 aliphatic heterocycles. The van der Waals surface area contributed by atoms with Crippen LogP contribution in [0.2, 0.25) is 0 Å². The number of carbonyl (C=O) groups is 1. The second-order valence-corrected chi connectivity index (χ2v) is 8.47. The fourth-order valence-electron chi connectivity index (χ4n) is 4.62. The number of anilines is 1. The van der Waals surface area contributed by atoms with Crippen molar-refractivity contribution in [3.05, 3.63) is 90.8 Å². The fraction of sp³-hybridized carbons (Fsp3) is 0.296. The molecule has 3 fully saturated rings. The number of nitrogens with zero attached hydrogens (tertiary/aromatic N) is 2. The summed E-state index contributed by atoms with van der Waals surface area (Å²) in [6.07, 6.45) is 8.72. The zero-order chi connectivity index (χ0) is 21.6. The van der Waals surface area contributed by atoms with Crippen LogP contribution in [0.25, 0.3) is 11.1 Å². The predicted octanol–water partition coefficient (Wildman–Crippen LogP) is 4.63. The Bertz CT molecular complexity index is 971. The van der Waals surface area contributed by atoms with E-state index in [1.54, 1.807) is 0 Å². The molecule has 31 heavy (non-hydrogen) atoms. The topological polar surface area (TPSA) is 35.6 Å². The van der Waals surface area contributed by atoms with Crippen LogP contribution in [0.5, 0.6) is 0 Å². The fourth-order valence-corrected chi connectivity index (χ4v) is 4.62. The number of hydrogen-bond donors (Lipinski definition) is 1. The molecule has 1 unspecified atom stereocenters. The van der Waals surface area contributed by atoms with E-state index < -0.39 is 0 Å². The first-order chi connectivity index (χ1) is 15.1. The average Bonchev–Trinajstić information content (AvgIpc) is 2.83. The summed E-state index contributed by atoms with van der Waals surface area (Å²) in [6.45, 7) is 7.80. The summed E-state index contributed by atoms with van der Waals surface area (Å²) in [7, 11) is 2.03. The van der Waals surface area contributed by atoms with Crippen molar-refractivity contribution in [2.45, 2.75) is 18.9 Å². The van der Waals surface area contributed by atoms with Crippen LogP contribution < -0.4 is 10.2 Å². The molecule has 1 N–H and O–H groups in total. The molecule has 0 saturated carbocycles. The maximum atomic E-state index is 11.0. The molecule has 4 heteroatoms. The first kappa shape index (κ1) is 21.1. The molecule has 2 aromatic carbocycles. The number of piperidine rings is 3. The van der Waals surface area contributed by atoms with Crippen LogP contribution in [0.15, 0.2) is 90.8 Å². The van der Waals surface area contributed by atoms with Gasteiger partial charge in [-0.1, -0.05) is 49.0 Å². The van der Waals surface area contributed by atoms with E-state index in [-0.39, 0.29) is 0 Å². The number of hydrogen-bond acceptors (Lipinski definition) is 4. The molecule has 3 saturated heterocycles. The van der Waals surface area contributed by atoms with Crippen molar-refractivity contribution in [2.75, 3.05) is 31.6 Å². The van der Waals surface area contributed by atoms with Crippen molar-refractivity contribution < 1.29 is 4.79 Å². The summed E-state index contributed by atoms with van der Waals surface area (Å²) < 4.78 is 0. The minimum Gasteiger partial charge on any atom is -0.381 e. The van der Waals surface area contributed by atoms with E-state index in [0.29, 0.717) is 12.0 Å². The third-order valence-electron chi connectivity index (χ3n) is 6.41. The van der Waals surface area contributed by atoms with Crippen LogP contribution in [-0.2, 0) is 4.79 Å². The van der Waals surface area contributed by atoms with E-state index in [1.165, 1.54) is 43.1 Å². The molecule has 2 aromatic rings. The molecule has 0 aliphatic carbocycles. The van der Waals surface area contributed by atoms with Crippen LogP contribution in [-0.4, -0.2) is 43.9 Å². The number of carbonyl (C=O) groups excluding carboxylic acids is 1. The minimum absolute atomic E-state index is 0.426. The lowest BCUT2D eigenvalue weighted by molar-refractivity contribution is -0.104. The molecule has 4 nitrogen and oxygen atoms in total. The largest absolute Gasteiger partial charge is 0.381 e. The highest BCUT2D eigenvalue weighted by Crippen LogP contribution is 2.29. The van der Waals surface area contributed by atoms with E-state index >= 15 is 0 Å². The number of fused-ring (bicyclic) bond motifs is 3. The Morgan fingerprint density at radius 1 is 1.10 bits per heavy atom. The molecule has 2 bridgehead atoms. The van der Waals surface area contributed by atoms with E-state index in [0.717, 1.165) is 29.8 Å². The van der Waals surface area contributed by atoms with Gasteiger partial charge in [-0.3, -0.25) is 4.79 Å². The average molecular weight is 414 g/mol. The molecule has 0 aromatic heterocycles. The first-order valence-corrected chi connectivity index (χ1v) is 11.0. The van der Waals surface area contributed by atoms with Gasteiger partial charge in [0.1, 0.15) is 6.29 Å². The third-order valence-corrected chi connectivity index (χ3v) is 6.41. The summed E-state index contributed by atoms with van der Waals surface area (Å²) in [5.74, 6) is 0.707. The molecule has 0 spiro atoms. The number of aldehydes is 1. The molecular formula is C27H31N3O. The zero-order valence-electron chi connectivity index (χ0n) is 18.2. The smallest absolute Gasteiger partial charge is 0.142 e. The normalized spacial score (nSPS) is 23.0. The van der Waals surface area contributed by atoms with Crippen LogP contribution >= 0.6 is 0 Å². The van der Waals surface area contributed by atoms with Gasteiger partial charge >= 0.3 is 0 Å². The Kier molecular flexibility index (Phi) is 6.68. The Labute approximate surface area is 185 Å². The lowest BCUT2D eigenvalue weighted by Gasteiger charge is -2.45. The number of allylic oxidation sites excluding steroid dienone is 2. The van der Waals surface area contributed by atoms with Crippen molar-refractivity contribution >= 4 is 12.0 Å². The van der Waals surface area contributed by atoms with Crippen LogP contribution in [0.3, 0.4) is 0 Å². The SMILES string of the molecule is C=C(NC1CN2CCC1CC2)C(/C=C\C=O)=C/N(C)c1cccc(-c2ccccc2)c1. The van der Waals surface area contributed by atoms with E-state index in [1.807, 2.05) is 25.4 Å². The molecule has 160 valence electrons. The van der Waals surface area contributed by atoms with Gasteiger partial charge in [0.15, 0.2) is 0 Å². The van der Waals surface area contributed by atoms with Gasteiger partial charge in [0.25, 0.3) is 0 Å². The van der Waals surface area contributed by atoms with Gasteiger partial charge < -0.3 is 15.1 Å². The van der Waals surface area contributed by atoms with Crippen molar-refractivity contribution in [3.8, 4) is 11.1 Å². The van der Waals surface area contributed by atoms with Gasteiger partial charge in [-0.2, -0.15) is 0 Å². The minimum atomic E-state index is 0.426. The molecule has 3 aliphatic rings. The van der Waals surface area contributed by atoms with Gasteiger partial charge in [0.2, 0.25) is 0 Å². The highest BCUT2D eigenvalue weighted by atomic mass is 16.1. The highest BCUT2D eigenvalue weighted by Gasteiger charge is 2.34. The molecular weight excluding hydrogens is 382 g/mol. The summed E-state index contributed by atoms with van der Waals surface area (Å²) in [5, 5.41) is 3.66. The Balaban J connectivity index is 1.53. The highest BCUT2D eigenvalue weighted by molar-refractivity contribution is 5.70. The van der Waals surface area contributed by atoms with Gasteiger partial charge in [-0.15, -0.1) is 0 Å². The number of nitrogens with one attached hydrogen (secondary N) is 1. The van der Waals surface area contributed by atoms with E-state index in [2.05, 4.69) is 70.2 Å². The third kappa shape index (κ3) is 5.15. The second kappa shape index (κ2) is 9.80. The van der Waals surface area contributed by atoms with Gasteiger partial charge in [0.05, 0.1) is 0 Å². The number of rotatable bonds is 8. The molecule has 1 atom stereocenters. The van der Waals surface area contributed by atoms with Crippen molar-refractivity contribution in [2.24, 2.45) is 5.92 Å². The van der Waals surface area contributed by atoms with Crippen LogP contribution in [0.4, 0.5) is 5.69 Å². The monoisotopic (exact) mass is 413 g/mol. The van der Waals surface area contributed by atoms with Crippen LogP contribution in [0.1, 0.15) is 12.8 Å². The number of benzene rings is 2. The summed E-state index contributed by atoms with van der Waals surface area (Å²) in [4.78, 5) is 15.6. The summed E-state index contributed by atoms with van der Waals surface area (Å²) in [5.41, 5.74) is 5.22. The van der Waals surface area contributed by atoms with Crippen LogP contribution in [0, 0.1) is 5.92 Å². The standard InChI is InChI=1S/C27H31N3O/c1-21(28-27-20-30-15-13-23(27)14-16-30)25(11-7-17-31)19-29(2)26-12-6-10-24(18-26)22-8-4-3-5-9-22/h3-12,17-19,23,27-28H,1,13-16,20H2,2H3/b11-7-,25-19+. The predicted molar refractivity (Wildman–Crippen MR) is 129 cm³/mol. The zero-order valence-corrected chi connectivity index (χ0v) is 18.2. The Hall–Kier alpha value is -3.11. The maximum Gasteiger partial charge on any atom is 0.142 e. The molecule has 5 rings (SSSR count). The van der Waals surface area contributed by atoms with E-state index in [4.69, 9.17) is 0 Å². The Morgan fingerprint density at radius 2 is 1.84 bits per heavy atom. The van der Waals surface area contributed by atoms with Crippen molar-refractivity contribution in [3.63, 3.8) is 0 Å².